The molecule has 2 heterocycles. The van der Waals surface area contributed by atoms with Gasteiger partial charge in [0, 0.05) is 45.0 Å². The van der Waals surface area contributed by atoms with Gasteiger partial charge in [-0.05, 0) is 29.8 Å². The van der Waals surface area contributed by atoms with Gasteiger partial charge in [0.05, 0.1) is 24.6 Å². The number of benzene rings is 2. The first-order valence-corrected chi connectivity index (χ1v) is 11.2. The Morgan fingerprint density at radius 2 is 1.73 bits per heavy atom. The van der Waals surface area contributed by atoms with E-state index in [1.54, 1.807) is 29.2 Å². The van der Waals surface area contributed by atoms with E-state index >= 15 is 0 Å². The molecule has 0 aromatic heterocycles. The third kappa shape index (κ3) is 6.31. The van der Waals surface area contributed by atoms with Gasteiger partial charge in [0.25, 0.3) is 0 Å². The Kier molecular flexibility index (Phi) is 7.55. The van der Waals surface area contributed by atoms with Crippen LogP contribution in [0.15, 0.2) is 54.6 Å². The fourth-order valence-electron chi connectivity index (χ4n) is 4.09. The van der Waals surface area contributed by atoms with E-state index in [0.29, 0.717) is 38.2 Å². The first-order valence-electron chi connectivity index (χ1n) is 11.2. The number of carbonyl (C=O) groups excluding carboxylic acids is 2. The molecule has 172 valence electrons. The van der Waals surface area contributed by atoms with Crippen molar-refractivity contribution in [3.05, 3.63) is 65.7 Å². The Morgan fingerprint density at radius 1 is 1.03 bits per heavy atom. The molecule has 33 heavy (non-hydrogen) atoms. The van der Waals surface area contributed by atoms with Crippen LogP contribution < -0.4 is 4.90 Å². The Hall–Kier alpha value is -3.41. The molecule has 2 aromatic carbocycles. The molecule has 8 heteroatoms. The summed E-state index contributed by atoms with van der Waals surface area (Å²) in [5, 5.41) is 8.93. The monoisotopic (exact) mass is 448 g/mol. The van der Waals surface area contributed by atoms with Crippen LogP contribution in [0.2, 0.25) is 0 Å². The standard InChI is InChI=1S/C25H28N4O4/c26-16-20-6-8-22(9-7-20)29-18-23(33-25(29)31)17-28-14-12-27(13-15-28)11-10-24(30)32-19-21-4-2-1-3-5-21/h1-9,23H,10-15,17-19H2. The topological polar surface area (TPSA) is 86.1 Å². The molecule has 2 aliphatic heterocycles. The Bertz CT molecular complexity index is 982. The summed E-state index contributed by atoms with van der Waals surface area (Å²) in [4.78, 5) is 30.5. The van der Waals surface area contributed by atoms with Gasteiger partial charge < -0.3 is 14.4 Å². The van der Waals surface area contributed by atoms with Gasteiger partial charge >= 0.3 is 12.1 Å². The highest BCUT2D eigenvalue weighted by Crippen LogP contribution is 2.22. The fourth-order valence-corrected chi connectivity index (χ4v) is 4.09. The molecule has 1 amide bonds. The third-order valence-electron chi connectivity index (χ3n) is 5.98. The Balaban J connectivity index is 1.15. The van der Waals surface area contributed by atoms with Gasteiger partial charge in [0.1, 0.15) is 12.7 Å². The van der Waals surface area contributed by atoms with Crippen LogP contribution in [0.5, 0.6) is 0 Å². The molecular weight excluding hydrogens is 420 g/mol. The predicted molar refractivity (Wildman–Crippen MR) is 123 cm³/mol. The van der Waals surface area contributed by atoms with Crippen LogP contribution in [-0.2, 0) is 20.9 Å². The minimum Gasteiger partial charge on any atom is -0.461 e. The number of hydrogen-bond acceptors (Lipinski definition) is 7. The first-order chi connectivity index (χ1) is 16.1. The van der Waals surface area contributed by atoms with Gasteiger partial charge in [-0.25, -0.2) is 4.79 Å². The lowest BCUT2D eigenvalue weighted by molar-refractivity contribution is -0.145. The number of cyclic esters (lactones) is 1. The van der Waals surface area contributed by atoms with Crippen LogP contribution in [0.3, 0.4) is 0 Å². The highest BCUT2D eigenvalue weighted by molar-refractivity contribution is 5.89. The van der Waals surface area contributed by atoms with Crippen molar-refractivity contribution in [3.8, 4) is 6.07 Å². The van der Waals surface area contributed by atoms with E-state index in [4.69, 9.17) is 14.7 Å². The molecule has 0 aliphatic carbocycles. The van der Waals surface area contributed by atoms with Crippen molar-refractivity contribution in [3.63, 3.8) is 0 Å². The number of nitriles is 1. The normalized spacial score (nSPS) is 19.2. The van der Waals surface area contributed by atoms with Crippen molar-refractivity contribution in [1.82, 2.24) is 9.80 Å². The maximum Gasteiger partial charge on any atom is 0.414 e. The van der Waals surface area contributed by atoms with Crippen molar-refractivity contribution >= 4 is 17.7 Å². The zero-order valence-corrected chi connectivity index (χ0v) is 18.6. The number of nitrogens with zero attached hydrogens (tertiary/aromatic N) is 4. The molecule has 2 saturated heterocycles. The van der Waals surface area contributed by atoms with E-state index in [1.807, 2.05) is 30.3 Å². The second-order valence-electron chi connectivity index (χ2n) is 8.31. The molecule has 1 unspecified atom stereocenters. The average molecular weight is 449 g/mol. The van der Waals surface area contributed by atoms with Crippen LogP contribution in [0.25, 0.3) is 0 Å². The number of esters is 1. The van der Waals surface area contributed by atoms with E-state index in [0.717, 1.165) is 37.4 Å². The number of hydrogen-bond donors (Lipinski definition) is 0. The van der Waals surface area contributed by atoms with Gasteiger partial charge in [-0.2, -0.15) is 5.26 Å². The summed E-state index contributed by atoms with van der Waals surface area (Å²) in [6.07, 6.45) is -0.155. The zero-order valence-electron chi connectivity index (χ0n) is 18.6. The van der Waals surface area contributed by atoms with Crippen LogP contribution in [0.1, 0.15) is 17.5 Å². The molecule has 0 radical (unpaired) electrons. The summed E-state index contributed by atoms with van der Waals surface area (Å²) in [7, 11) is 0. The average Bonchev–Trinajstić information content (AvgIpc) is 3.22. The lowest BCUT2D eigenvalue weighted by Gasteiger charge is -2.35. The number of piperazine rings is 1. The molecule has 0 spiro atoms. The lowest BCUT2D eigenvalue weighted by atomic mass is 10.2. The molecule has 0 saturated carbocycles. The first kappa shape index (κ1) is 22.8. The molecule has 2 aliphatic rings. The summed E-state index contributed by atoms with van der Waals surface area (Å²) in [6.45, 7) is 5.65. The zero-order chi connectivity index (χ0) is 23.0. The van der Waals surface area contributed by atoms with Crippen molar-refractivity contribution in [1.29, 1.82) is 5.26 Å². The quantitative estimate of drug-likeness (QED) is 0.574. The van der Waals surface area contributed by atoms with Crippen LogP contribution in [0, 0.1) is 11.3 Å². The van der Waals surface area contributed by atoms with Gasteiger partial charge in [-0.1, -0.05) is 30.3 Å². The number of ether oxygens (including phenoxy) is 2. The number of anilines is 1. The number of carbonyl (C=O) groups is 2. The van der Waals surface area contributed by atoms with E-state index in [2.05, 4.69) is 15.9 Å². The summed E-state index contributed by atoms with van der Waals surface area (Å²) >= 11 is 0. The van der Waals surface area contributed by atoms with Crippen molar-refractivity contribution < 1.29 is 19.1 Å². The third-order valence-corrected chi connectivity index (χ3v) is 5.98. The predicted octanol–water partition coefficient (Wildman–Crippen LogP) is 2.63. The minimum absolute atomic E-state index is 0.179. The highest BCUT2D eigenvalue weighted by Gasteiger charge is 2.34. The van der Waals surface area contributed by atoms with Crippen LogP contribution in [0.4, 0.5) is 10.5 Å². The van der Waals surface area contributed by atoms with Crippen molar-refractivity contribution in [2.45, 2.75) is 19.1 Å². The van der Waals surface area contributed by atoms with Gasteiger partial charge in [0.2, 0.25) is 0 Å². The maximum atomic E-state index is 12.3. The molecular formula is C25H28N4O4. The Morgan fingerprint density at radius 3 is 2.42 bits per heavy atom. The lowest BCUT2D eigenvalue weighted by Crippen LogP contribution is -2.49. The molecule has 8 nitrogen and oxygen atoms in total. The molecule has 2 aromatic rings. The molecule has 2 fully saturated rings. The van der Waals surface area contributed by atoms with Gasteiger partial charge in [-0.15, -0.1) is 0 Å². The minimum atomic E-state index is -0.350. The number of rotatable bonds is 8. The van der Waals surface area contributed by atoms with E-state index in [9.17, 15) is 9.59 Å². The van der Waals surface area contributed by atoms with Gasteiger partial charge in [-0.3, -0.25) is 14.6 Å². The van der Waals surface area contributed by atoms with Crippen LogP contribution >= 0.6 is 0 Å². The summed E-state index contributed by atoms with van der Waals surface area (Å²) in [5.74, 6) is -0.179. The van der Waals surface area contributed by atoms with Crippen LogP contribution in [-0.4, -0.2) is 73.8 Å². The van der Waals surface area contributed by atoms with Crippen molar-refractivity contribution in [2.24, 2.45) is 0 Å². The van der Waals surface area contributed by atoms with E-state index < -0.39 is 0 Å². The summed E-state index contributed by atoms with van der Waals surface area (Å²) < 4.78 is 10.9. The van der Waals surface area contributed by atoms with Crippen molar-refractivity contribution in [2.75, 3.05) is 50.7 Å². The Labute approximate surface area is 193 Å². The SMILES string of the molecule is N#Cc1ccc(N2CC(CN3CCN(CCC(=O)OCc4ccccc4)CC3)OC2=O)cc1. The summed E-state index contributed by atoms with van der Waals surface area (Å²) in [6, 6.07) is 18.7. The van der Waals surface area contributed by atoms with Gasteiger partial charge in [0.15, 0.2) is 0 Å². The molecule has 1 atom stereocenters. The second kappa shape index (κ2) is 10.9. The molecule has 0 N–H and O–H groups in total. The highest BCUT2D eigenvalue weighted by atomic mass is 16.6. The number of amides is 1. The van der Waals surface area contributed by atoms with E-state index in [-0.39, 0.29) is 18.2 Å². The second-order valence-corrected chi connectivity index (χ2v) is 8.31. The maximum absolute atomic E-state index is 12.3. The van der Waals surface area contributed by atoms with E-state index in [1.165, 1.54) is 0 Å². The summed E-state index contributed by atoms with van der Waals surface area (Å²) in [5.41, 5.74) is 2.29. The molecule has 0 bridgehead atoms. The largest absolute Gasteiger partial charge is 0.461 e. The molecule has 4 rings (SSSR count). The fraction of sp³-hybridized carbons (Fsp3) is 0.400. The smallest absolute Gasteiger partial charge is 0.414 e.